The molecule has 0 saturated heterocycles. The fourth-order valence-electron chi connectivity index (χ4n) is 1.19. The molecular formula is C12H19NO2. The second-order valence-electron chi connectivity index (χ2n) is 4.52. The Balaban J connectivity index is 2.73. The molecule has 0 saturated carbocycles. The van der Waals surface area contributed by atoms with E-state index in [0.29, 0.717) is 12.3 Å². The maximum absolute atomic E-state index is 5.74. The number of hydrogen-bond donors (Lipinski definition) is 1. The van der Waals surface area contributed by atoms with Crippen molar-refractivity contribution in [3.05, 3.63) is 23.8 Å². The predicted octanol–water partition coefficient (Wildman–Crippen LogP) is 2.59. The number of anilines is 1. The summed E-state index contributed by atoms with van der Waals surface area (Å²) >= 11 is 0. The Morgan fingerprint density at radius 2 is 1.87 bits per heavy atom. The molecule has 0 amide bonds. The van der Waals surface area contributed by atoms with Crippen LogP contribution in [0.2, 0.25) is 0 Å². The predicted molar refractivity (Wildman–Crippen MR) is 61.9 cm³/mol. The molecule has 0 aliphatic heterocycles. The van der Waals surface area contributed by atoms with Crippen molar-refractivity contribution in [1.29, 1.82) is 0 Å². The topological polar surface area (TPSA) is 44.5 Å². The molecule has 15 heavy (non-hydrogen) atoms. The lowest BCUT2D eigenvalue weighted by Crippen LogP contribution is -2.18. The van der Waals surface area contributed by atoms with Crippen LogP contribution in [0.3, 0.4) is 0 Å². The quantitative estimate of drug-likeness (QED) is 0.778. The van der Waals surface area contributed by atoms with Gasteiger partial charge in [-0.3, -0.25) is 0 Å². The zero-order valence-corrected chi connectivity index (χ0v) is 9.83. The van der Waals surface area contributed by atoms with Crippen LogP contribution in [0.4, 0.5) is 5.69 Å². The molecule has 0 bridgehead atoms. The van der Waals surface area contributed by atoms with Gasteiger partial charge in [0.15, 0.2) is 0 Å². The smallest absolute Gasteiger partial charge is 0.121 e. The van der Waals surface area contributed by atoms with Crippen LogP contribution in [-0.4, -0.2) is 12.7 Å². The summed E-state index contributed by atoms with van der Waals surface area (Å²) in [6.45, 7) is 6.62. The molecular weight excluding hydrogens is 190 g/mol. The molecule has 0 aromatic heterocycles. The van der Waals surface area contributed by atoms with Crippen molar-refractivity contribution in [2.45, 2.75) is 33.0 Å². The normalized spacial score (nSPS) is 11.5. The molecule has 0 fully saturated rings. The van der Waals surface area contributed by atoms with Crippen molar-refractivity contribution in [3.63, 3.8) is 0 Å². The second kappa shape index (κ2) is 4.53. The van der Waals surface area contributed by atoms with E-state index in [1.54, 1.807) is 13.2 Å². The van der Waals surface area contributed by atoms with Gasteiger partial charge in [-0.2, -0.15) is 0 Å². The monoisotopic (exact) mass is 209 g/mol. The first-order valence-electron chi connectivity index (χ1n) is 4.98. The first-order valence-corrected chi connectivity index (χ1v) is 4.98. The van der Waals surface area contributed by atoms with E-state index in [9.17, 15) is 0 Å². The minimum atomic E-state index is -0.141. The Labute approximate surface area is 91.2 Å². The molecule has 0 radical (unpaired) electrons. The van der Waals surface area contributed by atoms with Crippen LogP contribution >= 0.6 is 0 Å². The van der Waals surface area contributed by atoms with Crippen LogP contribution in [0, 0.1) is 0 Å². The molecule has 3 nitrogen and oxygen atoms in total. The summed E-state index contributed by atoms with van der Waals surface area (Å²) in [5.74, 6) is 0.766. The van der Waals surface area contributed by atoms with E-state index in [2.05, 4.69) is 0 Å². The van der Waals surface area contributed by atoms with Crippen molar-refractivity contribution in [2.75, 3.05) is 12.8 Å². The maximum Gasteiger partial charge on any atom is 0.121 e. The number of methoxy groups -OCH3 is 1. The van der Waals surface area contributed by atoms with Crippen LogP contribution < -0.4 is 10.5 Å². The Kier molecular flexibility index (Phi) is 3.58. The summed E-state index contributed by atoms with van der Waals surface area (Å²) in [4.78, 5) is 0. The van der Waals surface area contributed by atoms with Gasteiger partial charge in [-0.15, -0.1) is 0 Å². The molecule has 0 spiro atoms. The first kappa shape index (κ1) is 11.9. The van der Waals surface area contributed by atoms with Crippen LogP contribution in [0.5, 0.6) is 5.75 Å². The molecule has 1 aromatic carbocycles. The fraction of sp³-hybridized carbons (Fsp3) is 0.500. The van der Waals surface area contributed by atoms with Crippen LogP contribution in [0.1, 0.15) is 26.3 Å². The third-order valence-corrected chi connectivity index (χ3v) is 1.90. The van der Waals surface area contributed by atoms with Gasteiger partial charge in [0.1, 0.15) is 5.75 Å². The lowest BCUT2D eigenvalue weighted by atomic mass is 10.1. The van der Waals surface area contributed by atoms with Gasteiger partial charge in [-0.1, -0.05) is 0 Å². The first-order chi connectivity index (χ1) is 6.90. The Bertz CT molecular complexity index is 329. The SMILES string of the molecule is COc1cc(N)cc(COC(C)(C)C)c1. The average molecular weight is 209 g/mol. The van der Waals surface area contributed by atoms with E-state index in [1.807, 2.05) is 32.9 Å². The molecule has 0 heterocycles. The van der Waals surface area contributed by atoms with Gasteiger partial charge < -0.3 is 15.2 Å². The van der Waals surface area contributed by atoms with E-state index >= 15 is 0 Å². The number of ether oxygens (including phenoxy) is 2. The van der Waals surface area contributed by atoms with Crippen molar-refractivity contribution in [3.8, 4) is 5.75 Å². The van der Waals surface area contributed by atoms with Gasteiger partial charge in [-0.05, 0) is 38.5 Å². The van der Waals surface area contributed by atoms with Crippen LogP contribution in [-0.2, 0) is 11.3 Å². The van der Waals surface area contributed by atoms with Gasteiger partial charge in [-0.25, -0.2) is 0 Å². The van der Waals surface area contributed by atoms with Gasteiger partial charge in [0.05, 0.1) is 19.3 Å². The molecule has 0 atom stereocenters. The van der Waals surface area contributed by atoms with Gasteiger partial charge in [0.25, 0.3) is 0 Å². The standard InChI is InChI=1S/C12H19NO2/c1-12(2,3)15-8-9-5-10(13)7-11(6-9)14-4/h5-7H,8,13H2,1-4H3. The summed E-state index contributed by atoms with van der Waals surface area (Å²) in [6, 6.07) is 5.62. The zero-order chi connectivity index (χ0) is 11.5. The van der Waals surface area contributed by atoms with Gasteiger partial charge in [0, 0.05) is 11.8 Å². The Morgan fingerprint density at radius 1 is 1.20 bits per heavy atom. The minimum absolute atomic E-state index is 0.141. The highest BCUT2D eigenvalue weighted by molar-refractivity contribution is 5.47. The molecule has 84 valence electrons. The number of nitrogens with two attached hydrogens (primary N) is 1. The molecule has 2 N–H and O–H groups in total. The van der Waals surface area contributed by atoms with Crippen LogP contribution in [0.15, 0.2) is 18.2 Å². The average Bonchev–Trinajstić information content (AvgIpc) is 2.13. The van der Waals surface area contributed by atoms with Gasteiger partial charge >= 0.3 is 0 Å². The number of nitrogen functional groups attached to an aromatic ring is 1. The Hall–Kier alpha value is -1.22. The fourth-order valence-corrected chi connectivity index (χ4v) is 1.19. The third kappa shape index (κ3) is 4.21. The largest absolute Gasteiger partial charge is 0.497 e. The Morgan fingerprint density at radius 3 is 2.40 bits per heavy atom. The van der Waals surface area contributed by atoms with E-state index in [1.165, 1.54) is 0 Å². The molecule has 1 aromatic rings. The van der Waals surface area contributed by atoms with Crippen molar-refractivity contribution in [2.24, 2.45) is 0 Å². The lowest BCUT2D eigenvalue weighted by Gasteiger charge is -2.19. The highest BCUT2D eigenvalue weighted by Gasteiger charge is 2.10. The number of rotatable bonds is 3. The summed E-state index contributed by atoms with van der Waals surface area (Å²) < 4.78 is 10.8. The van der Waals surface area contributed by atoms with Crippen molar-refractivity contribution in [1.82, 2.24) is 0 Å². The van der Waals surface area contributed by atoms with Crippen LogP contribution in [0.25, 0.3) is 0 Å². The molecule has 0 aliphatic carbocycles. The lowest BCUT2D eigenvalue weighted by molar-refractivity contribution is -0.0150. The summed E-state index contributed by atoms with van der Waals surface area (Å²) in [7, 11) is 1.63. The highest BCUT2D eigenvalue weighted by atomic mass is 16.5. The number of hydrogen-bond acceptors (Lipinski definition) is 3. The zero-order valence-electron chi connectivity index (χ0n) is 9.83. The van der Waals surface area contributed by atoms with E-state index in [-0.39, 0.29) is 5.60 Å². The second-order valence-corrected chi connectivity index (χ2v) is 4.52. The summed E-state index contributed by atoms with van der Waals surface area (Å²) in [5, 5.41) is 0. The van der Waals surface area contributed by atoms with Crippen molar-refractivity contribution < 1.29 is 9.47 Å². The molecule has 0 unspecified atom stereocenters. The van der Waals surface area contributed by atoms with Crippen molar-refractivity contribution >= 4 is 5.69 Å². The summed E-state index contributed by atoms with van der Waals surface area (Å²) in [5.41, 5.74) is 7.32. The maximum atomic E-state index is 5.74. The molecule has 1 rings (SSSR count). The highest BCUT2D eigenvalue weighted by Crippen LogP contribution is 2.20. The van der Waals surface area contributed by atoms with E-state index in [0.717, 1.165) is 11.3 Å². The summed E-state index contributed by atoms with van der Waals surface area (Å²) in [6.07, 6.45) is 0. The third-order valence-electron chi connectivity index (χ3n) is 1.90. The molecule has 3 heteroatoms. The van der Waals surface area contributed by atoms with Gasteiger partial charge in [0.2, 0.25) is 0 Å². The number of benzene rings is 1. The minimum Gasteiger partial charge on any atom is -0.497 e. The van der Waals surface area contributed by atoms with E-state index in [4.69, 9.17) is 15.2 Å². The van der Waals surface area contributed by atoms with E-state index < -0.39 is 0 Å². The molecule has 0 aliphatic rings.